The fraction of sp³-hybridized carbons (Fsp3) is 0.440. The Labute approximate surface area is 179 Å². The molecule has 0 atom stereocenters. The number of nitrogens with zero attached hydrogens (tertiary/aromatic N) is 1. The number of benzene rings is 2. The number of rotatable bonds is 2. The van der Waals surface area contributed by atoms with Crippen molar-refractivity contribution in [2.75, 3.05) is 6.61 Å². The molecular formula is C25H26F3NO2. The van der Waals surface area contributed by atoms with Crippen molar-refractivity contribution in [2.24, 2.45) is 5.92 Å². The lowest BCUT2D eigenvalue weighted by molar-refractivity contribution is -0.121. The van der Waals surface area contributed by atoms with Crippen LogP contribution in [-0.2, 0) is 15.8 Å². The molecule has 1 saturated carbocycles. The number of phenols is 1. The van der Waals surface area contributed by atoms with Crippen molar-refractivity contribution >= 4 is 10.9 Å². The zero-order chi connectivity index (χ0) is 22.0. The molecule has 2 heterocycles. The maximum Gasteiger partial charge on any atom is 0.241 e. The van der Waals surface area contributed by atoms with Crippen molar-refractivity contribution in [1.82, 2.24) is 4.57 Å². The summed E-state index contributed by atoms with van der Waals surface area (Å²) >= 11 is 0. The Balaban J connectivity index is 1.80. The summed E-state index contributed by atoms with van der Waals surface area (Å²) in [6.07, 6.45) is -0.585. The molecule has 2 aliphatic rings. The van der Waals surface area contributed by atoms with Gasteiger partial charge in [-0.1, -0.05) is 19.9 Å². The molecule has 3 aromatic rings. The molecule has 1 spiro atoms. The summed E-state index contributed by atoms with van der Waals surface area (Å²) in [6.45, 7) is 4.61. The van der Waals surface area contributed by atoms with Crippen molar-refractivity contribution in [3.8, 4) is 11.4 Å². The van der Waals surface area contributed by atoms with E-state index in [-0.39, 0.29) is 17.0 Å². The van der Waals surface area contributed by atoms with Gasteiger partial charge < -0.3 is 14.4 Å². The second kappa shape index (κ2) is 7.02. The second-order valence-electron chi connectivity index (χ2n) is 9.55. The minimum absolute atomic E-state index is 0.145. The highest BCUT2D eigenvalue weighted by Crippen LogP contribution is 2.55. The predicted molar refractivity (Wildman–Crippen MR) is 114 cm³/mol. The Morgan fingerprint density at radius 2 is 1.74 bits per heavy atom. The van der Waals surface area contributed by atoms with Crippen LogP contribution in [0.4, 0.5) is 13.2 Å². The number of aromatic hydroxyl groups is 1. The summed E-state index contributed by atoms with van der Waals surface area (Å²) in [7, 11) is 0. The first kappa shape index (κ1) is 20.4. The largest absolute Gasteiger partial charge is 0.507 e. The van der Waals surface area contributed by atoms with E-state index in [4.69, 9.17) is 4.74 Å². The van der Waals surface area contributed by atoms with Gasteiger partial charge in [-0.05, 0) is 62.1 Å². The lowest BCUT2D eigenvalue weighted by Crippen LogP contribution is -2.46. The summed E-state index contributed by atoms with van der Waals surface area (Å²) in [5, 5.41) is 11.6. The first-order valence-corrected chi connectivity index (χ1v) is 10.8. The van der Waals surface area contributed by atoms with Gasteiger partial charge in [0.1, 0.15) is 11.6 Å². The normalized spacial score (nSPS) is 25.3. The van der Waals surface area contributed by atoms with Gasteiger partial charge in [0.25, 0.3) is 0 Å². The van der Waals surface area contributed by atoms with Crippen LogP contribution in [-0.4, -0.2) is 22.7 Å². The highest BCUT2D eigenvalue weighted by molar-refractivity contribution is 5.94. The highest BCUT2D eigenvalue weighted by Gasteiger charge is 2.50. The van der Waals surface area contributed by atoms with E-state index in [1.807, 2.05) is 6.07 Å². The van der Waals surface area contributed by atoms with Crippen LogP contribution in [0.2, 0.25) is 0 Å². The van der Waals surface area contributed by atoms with Crippen molar-refractivity contribution in [1.29, 1.82) is 0 Å². The third kappa shape index (κ3) is 3.06. The fourth-order valence-corrected chi connectivity index (χ4v) is 5.48. The van der Waals surface area contributed by atoms with Crippen molar-refractivity contribution in [3.63, 3.8) is 0 Å². The number of fused-ring (bicyclic) bond motifs is 4. The Bertz CT molecular complexity index is 1130. The number of alkyl halides is 2. The van der Waals surface area contributed by atoms with Crippen LogP contribution in [0.25, 0.3) is 16.6 Å². The number of hydrogen-bond acceptors (Lipinski definition) is 2. The van der Waals surface area contributed by atoms with Gasteiger partial charge in [0, 0.05) is 33.7 Å². The van der Waals surface area contributed by atoms with Crippen LogP contribution in [0.5, 0.6) is 5.75 Å². The fourth-order valence-electron chi connectivity index (χ4n) is 5.48. The summed E-state index contributed by atoms with van der Waals surface area (Å²) in [5.74, 6) is -0.792. The molecule has 1 N–H and O–H groups in total. The van der Waals surface area contributed by atoms with Gasteiger partial charge in [-0.15, -0.1) is 0 Å². The van der Waals surface area contributed by atoms with E-state index in [0.29, 0.717) is 37.7 Å². The molecule has 164 valence electrons. The van der Waals surface area contributed by atoms with Gasteiger partial charge in [0.2, 0.25) is 6.43 Å². The molecule has 0 saturated heterocycles. The van der Waals surface area contributed by atoms with E-state index < -0.39 is 17.9 Å². The smallest absolute Gasteiger partial charge is 0.241 e. The number of ether oxygens (including phenoxy) is 1. The average Bonchev–Trinajstić information content (AvgIpc) is 3.11. The second-order valence-corrected chi connectivity index (χ2v) is 9.55. The van der Waals surface area contributed by atoms with Gasteiger partial charge in [0.15, 0.2) is 0 Å². The molecule has 6 heteroatoms. The van der Waals surface area contributed by atoms with Crippen LogP contribution >= 0.6 is 0 Å². The summed E-state index contributed by atoms with van der Waals surface area (Å²) in [4.78, 5) is 0. The average molecular weight is 429 g/mol. The zero-order valence-corrected chi connectivity index (χ0v) is 17.7. The van der Waals surface area contributed by atoms with Crippen molar-refractivity contribution in [3.05, 3.63) is 59.5 Å². The molecule has 3 nitrogen and oxygen atoms in total. The van der Waals surface area contributed by atoms with Crippen LogP contribution in [0.3, 0.4) is 0 Å². The maximum absolute atomic E-state index is 13.7. The van der Waals surface area contributed by atoms with E-state index in [1.165, 1.54) is 12.1 Å². The van der Waals surface area contributed by atoms with Crippen molar-refractivity contribution in [2.45, 2.75) is 57.0 Å². The van der Waals surface area contributed by atoms with E-state index >= 15 is 0 Å². The highest BCUT2D eigenvalue weighted by atomic mass is 19.3. The predicted octanol–water partition coefficient (Wildman–Crippen LogP) is 6.43. The minimum Gasteiger partial charge on any atom is -0.507 e. The van der Waals surface area contributed by atoms with Crippen LogP contribution in [0, 0.1) is 11.7 Å². The van der Waals surface area contributed by atoms with Crippen LogP contribution < -0.4 is 0 Å². The number of phenolic OH excluding ortho intramolecular Hbond substituents is 1. The van der Waals surface area contributed by atoms with E-state index in [2.05, 4.69) is 18.4 Å². The third-order valence-corrected chi connectivity index (χ3v) is 7.06. The maximum atomic E-state index is 13.7. The lowest BCUT2D eigenvalue weighted by atomic mass is 9.69. The Kier molecular flexibility index (Phi) is 4.63. The first-order chi connectivity index (χ1) is 14.7. The molecule has 1 fully saturated rings. The molecule has 0 radical (unpaired) electrons. The SMILES string of the molecule is CC1(C)COC2(CCC(C(F)F)CC2)c2c1n(-c1ccc(F)cc1)c1cccc(O)c21. The standard InChI is InChI=1S/C25H26F3NO2/c1-24(2)14-31-25(12-10-15(11-13-25)23(27)28)21-20-18(4-3-5-19(20)30)29(22(21)24)17-8-6-16(26)7-9-17/h3-9,15,23,30H,10-14H2,1-2H3. The Hall–Kier alpha value is -2.47. The molecule has 31 heavy (non-hydrogen) atoms. The summed E-state index contributed by atoms with van der Waals surface area (Å²) in [6, 6.07) is 11.7. The molecule has 2 aromatic carbocycles. The van der Waals surface area contributed by atoms with Gasteiger partial charge >= 0.3 is 0 Å². The van der Waals surface area contributed by atoms with E-state index in [9.17, 15) is 18.3 Å². The molecular weight excluding hydrogens is 403 g/mol. The van der Waals surface area contributed by atoms with Crippen LogP contribution in [0.15, 0.2) is 42.5 Å². The number of halogens is 3. The molecule has 1 aliphatic carbocycles. The molecule has 1 aliphatic heterocycles. The number of hydrogen-bond donors (Lipinski definition) is 1. The van der Waals surface area contributed by atoms with Gasteiger partial charge in [-0.25, -0.2) is 13.2 Å². The monoisotopic (exact) mass is 429 g/mol. The van der Waals surface area contributed by atoms with Crippen LogP contribution in [0.1, 0.15) is 50.8 Å². The lowest BCUT2D eigenvalue weighted by Gasteiger charge is -2.47. The number of aromatic nitrogens is 1. The molecule has 5 rings (SSSR count). The molecule has 0 unspecified atom stereocenters. The quantitative estimate of drug-likeness (QED) is 0.509. The summed E-state index contributed by atoms with van der Waals surface area (Å²) in [5.41, 5.74) is 2.40. The minimum atomic E-state index is -2.33. The van der Waals surface area contributed by atoms with E-state index in [1.54, 1.807) is 24.3 Å². The van der Waals surface area contributed by atoms with E-state index in [0.717, 1.165) is 22.5 Å². The Morgan fingerprint density at radius 1 is 1.06 bits per heavy atom. The zero-order valence-electron chi connectivity index (χ0n) is 17.7. The van der Waals surface area contributed by atoms with Gasteiger partial charge in [-0.2, -0.15) is 0 Å². The van der Waals surface area contributed by atoms with Gasteiger partial charge in [0.05, 0.1) is 17.7 Å². The topological polar surface area (TPSA) is 34.4 Å². The molecule has 0 amide bonds. The third-order valence-electron chi connectivity index (χ3n) is 7.06. The molecule has 1 aromatic heterocycles. The first-order valence-electron chi connectivity index (χ1n) is 10.8. The van der Waals surface area contributed by atoms with Gasteiger partial charge in [-0.3, -0.25) is 0 Å². The molecule has 0 bridgehead atoms. The Morgan fingerprint density at radius 3 is 2.39 bits per heavy atom. The van der Waals surface area contributed by atoms with Crippen molar-refractivity contribution < 1.29 is 23.0 Å². The summed E-state index contributed by atoms with van der Waals surface area (Å²) < 4.78 is 48.9.